The fourth-order valence-corrected chi connectivity index (χ4v) is 11.3. The second-order valence-electron chi connectivity index (χ2n) is 13.2. The molecular weight excluding hydrogens is 958 g/mol. The Morgan fingerprint density at radius 1 is 0.404 bits per heavy atom. The van der Waals surface area contributed by atoms with Gasteiger partial charge < -0.3 is 0 Å². The van der Waals surface area contributed by atoms with Crippen molar-refractivity contribution in [2.45, 2.75) is 0.981 Å². The molecule has 6 heteroatoms. The van der Waals surface area contributed by atoms with Gasteiger partial charge in [-0.05, 0) is 6.07 Å². The number of hydrogen-bond acceptors (Lipinski definition) is 4. The van der Waals surface area contributed by atoms with Crippen molar-refractivity contribution in [3.05, 3.63) is 175 Å². The SMILES string of the molecule is I[C]1([Tl])c2ccc(-c3ccc(-c4ccc5sc6ccccc6c5c4)cc3)cc2-c2cc(-c3nc(-c4ccccc4)nc(-c4ccccc4)n3)ccc21. The summed E-state index contributed by atoms with van der Waals surface area (Å²) in [6.45, 7) is 0. The molecule has 7 aromatic carbocycles. The third kappa shape index (κ3) is 5.52. The van der Waals surface area contributed by atoms with E-state index in [-0.39, 0.29) is 0.981 Å². The van der Waals surface area contributed by atoms with Crippen LogP contribution in [0.3, 0.4) is 0 Å². The summed E-state index contributed by atoms with van der Waals surface area (Å²) < 4.78 is 2.68. The van der Waals surface area contributed by atoms with E-state index in [9.17, 15) is 0 Å². The van der Waals surface area contributed by atoms with Crippen LogP contribution < -0.4 is 0 Å². The van der Waals surface area contributed by atoms with Crippen molar-refractivity contribution in [2.24, 2.45) is 0 Å². The average Bonchev–Trinajstić information content (AvgIpc) is 3.69. The first-order chi connectivity index (χ1) is 25.5. The molecule has 0 radical (unpaired) electrons. The van der Waals surface area contributed by atoms with Gasteiger partial charge in [0.25, 0.3) is 0 Å². The summed E-state index contributed by atoms with van der Waals surface area (Å²) in [6.07, 6.45) is 0. The number of benzene rings is 7. The van der Waals surface area contributed by atoms with Crippen molar-refractivity contribution < 1.29 is 0 Å². The zero-order valence-electron chi connectivity index (χ0n) is 27.8. The molecule has 2 heterocycles. The van der Waals surface area contributed by atoms with E-state index in [1.54, 1.807) is 0 Å². The maximum absolute atomic E-state index is 5.03. The summed E-state index contributed by atoms with van der Waals surface area (Å²) in [5.74, 6) is 2.03. The monoisotopic (exact) mass is 985 g/mol. The average molecular weight is 985 g/mol. The Labute approximate surface area is 335 Å². The Hall–Kier alpha value is -4.58. The third-order valence-electron chi connectivity index (χ3n) is 10.00. The molecule has 1 aliphatic carbocycles. The Bertz CT molecular complexity index is 2760. The summed E-state index contributed by atoms with van der Waals surface area (Å²) >= 11 is 5.26. The fraction of sp³-hybridized carbons (Fsp3) is 0.0217. The van der Waals surface area contributed by atoms with Crippen molar-refractivity contribution in [3.8, 4) is 67.5 Å². The number of aromatic nitrogens is 3. The van der Waals surface area contributed by atoms with Crippen LogP contribution in [0.4, 0.5) is 0 Å². The Kier molecular flexibility index (Phi) is 7.92. The van der Waals surface area contributed by atoms with Crippen molar-refractivity contribution >= 4 is 79.9 Å². The molecule has 52 heavy (non-hydrogen) atoms. The normalized spacial score (nSPS) is 14.8. The van der Waals surface area contributed by atoms with Gasteiger partial charge in [0.2, 0.25) is 0 Å². The molecule has 0 saturated carbocycles. The number of fused-ring (bicyclic) bond motifs is 6. The molecule has 0 saturated heterocycles. The molecule has 0 bridgehead atoms. The summed E-state index contributed by atoms with van der Waals surface area (Å²) in [4.78, 5) is 15.0. The Morgan fingerprint density at radius 3 is 1.46 bits per heavy atom. The van der Waals surface area contributed by atoms with E-state index in [1.807, 2.05) is 47.7 Å². The Morgan fingerprint density at radius 2 is 0.846 bits per heavy atom. The summed E-state index contributed by atoms with van der Waals surface area (Å²) in [5, 5.41) is 2.66. The molecule has 2 aromatic heterocycles. The molecule has 0 aliphatic heterocycles. The van der Waals surface area contributed by atoms with Crippen LogP contribution in [0.25, 0.3) is 87.7 Å². The van der Waals surface area contributed by atoms with Crippen LogP contribution in [0, 0.1) is 0 Å². The molecule has 3 nitrogen and oxygen atoms in total. The zero-order valence-corrected chi connectivity index (χ0v) is 35.3. The van der Waals surface area contributed by atoms with Gasteiger partial charge >= 0.3 is 288 Å². The van der Waals surface area contributed by atoms with Crippen molar-refractivity contribution in [1.82, 2.24) is 15.0 Å². The van der Waals surface area contributed by atoms with Gasteiger partial charge in [-0.25, -0.2) is 0 Å². The number of thiophene rings is 1. The minimum atomic E-state index is 0.0112. The maximum atomic E-state index is 5.03. The van der Waals surface area contributed by atoms with Crippen LogP contribution in [0.2, 0.25) is 0 Å². The number of rotatable bonds is 5. The first-order valence-corrected chi connectivity index (χ1v) is 21.3. The van der Waals surface area contributed by atoms with Crippen LogP contribution in [0.5, 0.6) is 0 Å². The van der Waals surface area contributed by atoms with E-state index in [4.69, 9.17) is 15.0 Å². The van der Waals surface area contributed by atoms with Gasteiger partial charge in [-0.2, -0.15) is 0 Å². The predicted octanol–water partition coefficient (Wildman–Crippen LogP) is 12.4. The van der Waals surface area contributed by atoms with Crippen molar-refractivity contribution in [3.63, 3.8) is 0 Å². The number of hydrogen-bond donors (Lipinski definition) is 0. The van der Waals surface area contributed by atoms with E-state index in [1.165, 1.54) is 64.7 Å². The van der Waals surface area contributed by atoms with Crippen LogP contribution in [0.1, 0.15) is 11.1 Å². The van der Waals surface area contributed by atoms with Gasteiger partial charge in [-0.15, -0.1) is 11.3 Å². The number of nitrogens with zero attached hydrogens (tertiary/aromatic N) is 3. The van der Waals surface area contributed by atoms with E-state index >= 15 is 0 Å². The minimum absolute atomic E-state index is 0.0112. The number of alkyl halides is 1. The summed E-state index contributed by atoms with van der Waals surface area (Å²) in [7, 11) is 0. The van der Waals surface area contributed by atoms with E-state index in [0.717, 1.165) is 42.5 Å². The Balaban J connectivity index is 1.03. The number of halogens is 1. The fourth-order valence-electron chi connectivity index (χ4n) is 7.33. The van der Waals surface area contributed by atoms with Gasteiger partial charge in [0.1, 0.15) is 0 Å². The third-order valence-corrected chi connectivity index (χ3v) is 14.7. The molecule has 0 spiro atoms. The van der Waals surface area contributed by atoms with Crippen molar-refractivity contribution in [2.75, 3.05) is 0 Å². The molecule has 1 aliphatic rings. The predicted molar refractivity (Wildman–Crippen MR) is 226 cm³/mol. The summed E-state index contributed by atoms with van der Waals surface area (Å²) in [6, 6.07) is 58.8. The molecule has 1 unspecified atom stereocenters. The topological polar surface area (TPSA) is 38.7 Å². The van der Waals surface area contributed by atoms with Gasteiger partial charge in [0.05, 0.1) is 0 Å². The van der Waals surface area contributed by atoms with Crippen LogP contribution in [-0.4, -0.2) is 40.7 Å². The molecule has 1 atom stereocenters. The molecule has 0 N–H and O–H groups in total. The second kappa shape index (κ2) is 12.8. The molecule has 242 valence electrons. The second-order valence-corrected chi connectivity index (χ2v) is 23.9. The first-order valence-electron chi connectivity index (χ1n) is 17.2. The quantitative estimate of drug-likeness (QED) is 0.0980. The van der Waals surface area contributed by atoms with Gasteiger partial charge in [0.15, 0.2) is 0 Å². The molecule has 0 amide bonds. The molecule has 10 rings (SSSR count). The van der Waals surface area contributed by atoms with E-state index in [2.05, 4.69) is 150 Å². The first kappa shape index (κ1) is 32.1. The van der Waals surface area contributed by atoms with Crippen LogP contribution in [-0.2, 0) is 0.981 Å². The standard InChI is InChI=1S/C46H27IN3S.Tl/c47-43-36-22-19-32(28-15-17-29(18-16-28)33-21-24-42-40(26-33)35-13-7-8-14-41(35)51-42)25-38(36)39-27-34(20-23-37(39)43)46-49-44(30-9-3-1-4-10-30)48-45(50-46)31-11-5-2-6-12-31;/h1-27H;. The molecule has 9 aromatic rings. The molecular formula is C46H27IN3STl. The van der Waals surface area contributed by atoms with Crippen LogP contribution >= 0.6 is 33.9 Å². The van der Waals surface area contributed by atoms with Gasteiger partial charge in [-0.1, -0.05) is 18.2 Å². The van der Waals surface area contributed by atoms with Gasteiger partial charge in [0, 0.05) is 14.8 Å². The molecule has 0 fully saturated rings. The van der Waals surface area contributed by atoms with Gasteiger partial charge in [-0.3, -0.25) is 0 Å². The van der Waals surface area contributed by atoms with Crippen LogP contribution in [0.15, 0.2) is 164 Å². The zero-order chi connectivity index (χ0) is 34.8. The van der Waals surface area contributed by atoms with E-state index < -0.39 is 0 Å². The van der Waals surface area contributed by atoms with Crippen molar-refractivity contribution in [1.29, 1.82) is 0 Å². The van der Waals surface area contributed by atoms with E-state index in [0.29, 0.717) is 17.5 Å². The summed E-state index contributed by atoms with van der Waals surface area (Å²) in [5.41, 5.74) is 13.2.